The molecule has 0 aliphatic heterocycles. The van der Waals surface area contributed by atoms with Crippen LogP contribution in [0.5, 0.6) is 0 Å². The Bertz CT molecular complexity index is 546. The van der Waals surface area contributed by atoms with Gasteiger partial charge in [-0.3, -0.25) is 0 Å². The third-order valence-electron chi connectivity index (χ3n) is 2.55. The maximum absolute atomic E-state index is 13.5. The standard InChI is InChI=1S/C11H11F2N3/c1-6-15-10(11(14)16(6)2)8-5-7(12)3-4-9(8)13/h3-5H,14H2,1-2H3. The molecule has 1 aromatic carbocycles. The maximum Gasteiger partial charge on any atom is 0.132 e. The van der Waals surface area contributed by atoms with Gasteiger partial charge < -0.3 is 10.3 Å². The Morgan fingerprint density at radius 1 is 1.31 bits per heavy atom. The molecule has 1 heterocycles. The lowest BCUT2D eigenvalue weighted by atomic mass is 10.1. The van der Waals surface area contributed by atoms with E-state index in [2.05, 4.69) is 4.98 Å². The Balaban J connectivity index is 2.67. The number of benzene rings is 1. The highest BCUT2D eigenvalue weighted by molar-refractivity contribution is 5.71. The maximum atomic E-state index is 13.5. The van der Waals surface area contributed by atoms with Crippen molar-refractivity contribution in [3.63, 3.8) is 0 Å². The number of halogens is 2. The average Bonchev–Trinajstić information content (AvgIpc) is 2.50. The van der Waals surface area contributed by atoms with E-state index in [1.807, 2.05) is 0 Å². The minimum absolute atomic E-state index is 0.0844. The second kappa shape index (κ2) is 3.59. The highest BCUT2D eigenvalue weighted by Gasteiger charge is 2.15. The molecule has 84 valence electrons. The van der Waals surface area contributed by atoms with Crippen molar-refractivity contribution >= 4 is 5.82 Å². The normalized spacial score (nSPS) is 10.8. The van der Waals surface area contributed by atoms with Crippen LogP contribution in [0.4, 0.5) is 14.6 Å². The van der Waals surface area contributed by atoms with Crippen LogP contribution in [0, 0.1) is 18.6 Å². The van der Waals surface area contributed by atoms with E-state index in [1.165, 1.54) is 0 Å². The van der Waals surface area contributed by atoms with E-state index in [0.29, 0.717) is 11.6 Å². The molecule has 0 radical (unpaired) electrons. The molecule has 2 aromatic rings. The van der Waals surface area contributed by atoms with Gasteiger partial charge in [-0.15, -0.1) is 0 Å². The third kappa shape index (κ3) is 1.54. The van der Waals surface area contributed by atoms with Crippen LogP contribution in [-0.2, 0) is 7.05 Å². The smallest absolute Gasteiger partial charge is 0.132 e. The van der Waals surface area contributed by atoms with Crippen LogP contribution >= 0.6 is 0 Å². The summed E-state index contributed by atoms with van der Waals surface area (Å²) in [6, 6.07) is 3.21. The summed E-state index contributed by atoms with van der Waals surface area (Å²) >= 11 is 0. The van der Waals surface area contributed by atoms with Crippen molar-refractivity contribution < 1.29 is 8.78 Å². The number of imidazole rings is 1. The van der Waals surface area contributed by atoms with E-state index in [4.69, 9.17) is 5.73 Å². The highest BCUT2D eigenvalue weighted by Crippen LogP contribution is 2.28. The zero-order valence-corrected chi connectivity index (χ0v) is 8.96. The number of nitrogens with two attached hydrogens (primary N) is 1. The number of aryl methyl sites for hydroxylation is 1. The number of rotatable bonds is 1. The molecule has 0 bridgehead atoms. The summed E-state index contributed by atoms with van der Waals surface area (Å²) in [4.78, 5) is 4.11. The lowest BCUT2D eigenvalue weighted by Crippen LogP contribution is -1.98. The number of aromatic nitrogens is 2. The van der Waals surface area contributed by atoms with Crippen LogP contribution < -0.4 is 5.73 Å². The molecule has 16 heavy (non-hydrogen) atoms. The summed E-state index contributed by atoms with van der Waals surface area (Å²) in [5.41, 5.74) is 6.13. The molecule has 0 atom stereocenters. The molecule has 0 spiro atoms. The van der Waals surface area contributed by atoms with Gasteiger partial charge >= 0.3 is 0 Å². The molecule has 0 saturated carbocycles. The van der Waals surface area contributed by atoms with E-state index >= 15 is 0 Å². The Kier molecular flexibility index (Phi) is 2.38. The van der Waals surface area contributed by atoms with E-state index in [9.17, 15) is 8.78 Å². The Morgan fingerprint density at radius 3 is 2.56 bits per heavy atom. The van der Waals surface area contributed by atoms with E-state index in [0.717, 1.165) is 18.2 Å². The van der Waals surface area contributed by atoms with Gasteiger partial charge in [0.15, 0.2) is 0 Å². The zero-order chi connectivity index (χ0) is 11.9. The van der Waals surface area contributed by atoms with Gasteiger partial charge in [0.2, 0.25) is 0 Å². The average molecular weight is 223 g/mol. The van der Waals surface area contributed by atoms with Gasteiger partial charge in [-0.05, 0) is 25.1 Å². The molecular weight excluding hydrogens is 212 g/mol. The summed E-state index contributed by atoms with van der Waals surface area (Å²) in [5, 5.41) is 0. The van der Waals surface area contributed by atoms with Gasteiger partial charge in [0, 0.05) is 12.6 Å². The molecular formula is C11H11F2N3. The van der Waals surface area contributed by atoms with Gasteiger partial charge in [-0.2, -0.15) is 0 Å². The molecule has 2 rings (SSSR count). The van der Waals surface area contributed by atoms with Gasteiger partial charge in [-0.25, -0.2) is 13.8 Å². The van der Waals surface area contributed by atoms with E-state index in [-0.39, 0.29) is 11.3 Å². The fourth-order valence-corrected chi connectivity index (χ4v) is 1.50. The number of nitrogens with zero attached hydrogens (tertiary/aromatic N) is 2. The SMILES string of the molecule is Cc1nc(-c2cc(F)ccc2F)c(N)n1C. The van der Waals surface area contributed by atoms with Crippen molar-refractivity contribution in [2.75, 3.05) is 5.73 Å². The molecule has 5 heteroatoms. The van der Waals surface area contributed by atoms with Gasteiger partial charge in [0.25, 0.3) is 0 Å². The summed E-state index contributed by atoms with van der Waals surface area (Å²) in [5.74, 6) is -0.0801. The van der Waals surface area contributed by atoms with Crippen LogP contribution in [0.25, 0.3) is 11.3 Å². The van der Waals surface area contributed by atoms with Crippen molar-refractivity contribution in [3.05, 3.63) is 35.7 Å². The zero-order valence-electron chi connectivity index (χ0n) is 8.96. The minimum Gasteiger partial charge on any atom is -0.383 e. The molecule has 0 fully saturated rings. The second-order valence-corrected chi connectivity index (χ2v) is 3.58. The molecule has 3 nitrogen and oxygen atoms in total. The van der Waals surface area contributed by atoms with Crippen LogP contribution in [0.15, 0.2) is 18.2 Å². The molecule has 2 N–H and O–H groups in total. The molecule has 0 aliphatic rings. The van der Waals surface area contributed by atoms with Gasteiger partial charge in [-0.1, -0.05) is 0 Å². The summed E-state index contributed by atoms with van der Waals surface area (Å²) < 4.78 is 28.2. The number of hydrogen-bond donors (Lipinski definition) is 1. The van der Waals surface area contributed by atoms with Crippen LogP contribution in [0.1, 0.15) is 5.82 Å². The molecule has 0 amide bonds. The lowest BCUT2D eigenvalue weighted by Gasteiger charge is -2.02. The predicted molar refractivity (Wildman–Crippen MR) is 57.7 cm³/mol. The molecule has 0 aliphatic carbocycles. The summed E-state index contributed by atoms with van der Waals surface area (Å²) in [6.07, 6.45) is 0. The largest absolute Gasteiger partial charge is 0.383 e. The second-order valence-electron chi connectivity index (χ2n) is 3.58. The topological polar surface area (TPSA) is 43.8 Å². The molecule has 0 unspecified atom stereocenters. The van der Waals surface area contributed by atoms with Crippen LogP contribution in [0.2, 0.25) is 0 Å². The number of anilines is 1. The van der Waals surface area contributed by atoms with E-state index in [1.54, 1.807) is 18.5 Å². The summed E-state index contributed by atoms with van der Waals surface area (Å²) in [7, 11) is 1.72. The van der Waals surface area contributed by atoms with Crippen molar-refractivity contribution in [2.45, 2.75) is 6.92 Å². The predicted octanol–water partition coefficient (Wildman–Crippen LogP) is 2.26. The quantitative estimate of drug-likeness (QED) is 0.805. The fourth-order valence-electron chi connectivity index (χ4n) is 1.50. The Labute approximate surface area is 91.5 Å². The molecule has 0 saturated heterocycles. The fraction of sp³-hybridized carbons (Fsp3) is 0.182. The first-order valence-corrected chi connectivity index (χ1v) is 4.75. The van der Waals surface area contributed by atoms with Gasteiger partial charge in [0.05, 0.1) is 0 Å². The Morgan fingerprint density at radius 2 is 2.00 bits per heavy atom. The first-order valence-electron chi connectivity index (χ1n) is 4.75. The van der Waals surface area contributed by atoms with Crippen LogP contribution in [0.3, 0.4) is 0 Å². The van der Waals surface area contributed by atoms with Crippen molar-refractivity contribution in [1.29, 1.82) is 0 Å². The highest BCUT2D eigenvalue weighted by atomic mass is 19.1. The molecule has 1 aromatic heterocycles. The third-order valence-corrected chi connectivity index (χ3v) is 2.55. The van der Waals surface area contributed by atoms with Crippen molar-refractivity contribution in [1.82, 2.24) is 9.55 Å². The Hall–Kier alpha value is -1.91. The number of nitrogen functional groups attached to an aromatic ring is 1. The monoisotopic (exact) mass is 223 g/mol. The first-order chi connectivity index (χ1) is 7.50. The van der Waals surface area contributed by atoms with Crippen molar-refractivity contribution in [2.24, 2.45) is 7.05 Å². The first kappa shape index (κ1) is 10.6. The number of hydrogen-bond acceptors (Lipinski definition) is 2. The minimum atomic E-state index is -0.536. The van der Waals surface area contributed by atoms with Crippen molar-refractivity contribution in [3.8, 4) is 11.3 Å². The lowest BCUT2D eigenvalue weighted by molar-refractivity contribution is 0.603. The van der Waals surface area contributed by atoms with E-state index < -0.39 is 11.6 Å². The summed E-state index contributed by atoms with van der Waals surface area (Å²) in [6.45, 7) is 1.75. The van der Waals surface area contributed by atoms with Gasteiger partial charge in [0.1, 0.15) is 29.0 Å². The van der Waals surface area contributed by atoms with Crippen LogP contribution in [-0.4, -0.2) is 9.55 Å².